The summed E-state index contributed by atoms with van der Waals surface area (Å²) in [6.07, 6.45) is 0.776. The van der Waals surface area contributed by atoms with Crippen molar-refractivity contribution >= 4 is 21.6 Å². The molecule has 3 aromatic carbocycles. The highest BCUT2D eigenvalue weighted by atomic mass is 35.5. The summed E-state index contributed by atoms with van der Waals surface area (Å²) in [6, 6.07) is 22.2. The summed E-state index contributed by atoms with van der Waals surface area (Å²) in [5.41, 5.74) is 3.17. The van der Waals surface area contributed by atoms with E-state index in [0.717, 1.165) is 35.4 Å². The molecule has 5 nitrogen and oxygen atoms in total. The van der Waals surface area contributed by atoms with Gasteiger partial charge < -0.3 is 22.5 Å². The summed E-state index contributed by atoms with van der Waals surface area (Å²) in [4.78, 5) is 0.126. The fourth-order valence-corrected chi connectivity index (χ4v) is 3.48. The molecule has 0 atom stereocenters. The molecule has 0 radical (unpaired) electrons. The maximum absolute atomic E-state index is 11.3. The number of nitrogens with two attached hydrogens (primary N) is 1. The normalized spacial score (nSPS) is 11.0. The van der Waals surface area contributed by atoms with E-state index in [2.05, 4.69) is 5.32 Å². The number of primary sulfonamides is 1. The number of ether oxygens (including phenoxy) is 1. The Morgan fingerprint density at radius 1 is 0.900 bits per heavy atom. The Morgan fingerprint density at radius 3 is 2.20 bits per heavy atom. The highest BCUT2D eigenvalue weighted by Crippen LogP contribution is 2.20. The van der Waals surface area contributed by atoms with Gasteiger partial charge in [0.2, 0.25) is 10.0 Å². The van der Waals surface area contributed by atoms with E-state index in [1.807, 2.05) is 48.5 Å². The molecular weight excluding hydrogens is 443 g/mol. The lowest BCUT2D eigenvalue weighted by molar-refractivity contribution is -0.00000874. The summed E-state index contributed by atoms with van der Waals surface area (Å²) in [5.74, 6) is 0.840. The molecule has 3 rings (SSSR count). The van der Waals surface area contributed by atoms with Crippen LogP contribution in [-0.2, 0) is 29.6 Å². The monoisotopic (exact) mass is 465 g/mol. The van der Waals surface area contributed by atoms with Gasteiger partial charge >= 0.3 is 0 Å². The molecule has 0 bridgehead atoms. The van der Waals surface area contributed by atoms with Crippen LogP contribution in [0.5, 0.6) is 5.75 Å². The molecular formula is C22H23Cl2N2O3S-. The number of sulfonamides is 1. The third-order valence-electron chi connectivity index (χ3n) is 4.44. The summed E-state index contributed by atoms with van der Waals surface area (Å²) in [6.45, 7) is 1.90. The van der Waals surface area contributed by atoms with E-state index in [4.69, 9.17) is 21.5 Å². The first-order chi connectivity index (χ1) is 13.9. The lowest BCUT2D eigenvalue weighted by Crippen LogP contribution is -3.00. The third-order valence-corrected chi connectivity index (χ3v) is 5.62. The Morgan fingerprint density at radius 2 is 1.53 bits per heavy atom. The average Bonchev–Trinajstić information content (AvgIpc) is 2.71. The first-order valence-corrected chi connectivity index (χ1v) is 11.1. The van der Waals surface area contributed by atoms with Gasteiger partial charge in [-0.3, -0.25) is 0 Å². The van der Waals surface area contributed by atoms with Crippen molar-refractivity contribution in [3.05, 3.63) is 94.5 Å². The van der Waals surface area contributed by atoms with Crippen molar-refractivity contribution in [2.45, 2.75) is 24.5 Å². The molecule has 0 aliphatic carbocycles. The predicted molar refractivity (Wildman–Crippen MR) is 115 cm³/mol. The van der Waals surface area contributed by atoms with Gasteiger partial charge in [0.05, 0.1) is 4.90 Å². The van der Waals surface area contributed by atoms with Crippen LogP contribution in [0.15, 0.2) is 77.7 Å². The van der Waals surface area contributed by atoms with E-state index >= 15 is 0 Å². The van der Waals surface area contributed by atoms with E-state index in [1.165, 1.54) is 12.1 Å². The molecule has 0 unspecified atom stereocenters. The van der Waals surface area contributed by atoms with Gasteiger partial charge in [-0.05, 0) is 54.4 Å². The Balaban J connectivity index is 0.00000320. The highest BCUT2D eigenvalue weighted by molar-refractivity contribution is 7.89. The zero-order valence-electron chi connectivity index (χ0n) is 16.2. The number of benzene rings is 3. The predicted octanol–water partition coefficient (Wildman–Crippen LogP) is 0.903. The van der Waals surface area contributed by atoms with Crippen LogP contribution in [0, 0.1) is 0 Å². The molecule has 30 heavy (non-hydrogen) atoms. The van der Waals surface area contributed by atoms with Gasteiger partial charge in [0.1, 0.15) is 12.4 Å². The van der Waals surface area contributed by atoms with Crippen molar-refractivity contribution in [1.29, 1.82) is 0 Å². The van der Waals surface area contributed by atoms with Crippen molar-refractivity contribution in [1.82, 2.24) is 5.32 Å². The molecule has 0 saturated heterocycles. The molecule has 0 aromatic heterocycles. The second-order valence-corrected chi connectivity index (χ2v) is 8.64. The minimum absolute atomic E-state index is 0. The number of halogens is 2. The van der Waals surface area contributed by atoms with Crippen molar-refractivity contribution in [2.75, 3.05) is 6.54 Å². The first kappa shape index (κ1) is 24.2. The smallest absolute Gasteiger partial charge is 0.238 e. The molecule has 0 amide bonds. The first-order valence-electron chi connectivity index (χ1n) is 9.19. The Labute approximate surface area is 188 Å². The van der Waals surface area contributed by atoms with Crippen molar-refractivity contribution < 1.29 is 25.6 Å². The van der Waals surface area contributed by atoms with Crippen LogP contribution in [0.3, 0.4) is 0 Å². The maximum atomic E-state index is 11.3. The number of rotatable bonds is 9. The summed E-state index contributed by atoms with van der Waals surface area (Å²) in [7, 11) is -3.65. The molecule has 0 heterocycles. The summed E-state index contributed by atoms with van der Waals surface area (Å²) < 4.78 is 28.6. The van der Waals surface area contributed by atoms with Gasteiger partial charge in [-0.25, -0.2) is 13.6 Å². The average molecular weight is 466 g/mol. The molecule has 0 saturated carbocycles. The second-order valence-electron chi connectivity index (χ2n) is 6.64. The third kappa shape index (κ3) is 7.31. The van der Waals surface area contributed by atoms with E-state index in [9.17, 15) is 8.42 Å². The molecule has 3 N–H and O–H groups in total. The minimum Gasteiger partial charge on any atom is -1.00 e. The van der Waals surface area contributed by atoms with Crippen LogP contribution in [0.4, 0.5) is 0 Å². The van der Waals surface area contributed by atoms with Gasteiger partial charge in [0.25, 0.3) is 0 Å². The van der Waals surface area contributed by atoms with Gasteiger partial charge in [-0.15, -0.1) is 0 Å². The van der Waals surface area contributed by atoms with Gasteiger partial charge in [-0.1, -0.05) is 54.1 Å². The fourth-order valence-electron chi connectivity index (χ4n) is 2.83. The quantitative estimate of drug-likeness (QED) is 0.460. The number of nitrogens with one attached hydrogen (secondary N) is 1. The molecule has 160 valence electrons. The molecule has 0 aliphatic rings. The van der Waals surface area contributed by atoms with Gasteiger partial charge in [0.15, 0.2) is 0 Å². The molecule has 0 fully saturated rings. The number of hydrogen-bond acceptors (Lipinski definition) is 4. The Hall–Kier alpha value is -2.09. The highest BCUT2D eigenvalue weighted by Gasteiger charge is 2.07. The van der Waals surface area contributed by atoms with E-state index in [1.54, 1.807) is 12.1 Å². The van der Waals surface area contributed by atoms with Crippen molar-refractivity contribution in [3.8, 4) is 5.75 Å². The van der Waals surface area contributed by atoms with Crippen molar-refractivity contribution in [3.63, 3.8) is 0 Å². The topological polar surface area (TPSA) is 81.4 Å². The van der Waals surface area contributed by atoms with Gasteiger partial charge in [-0.2, -0.15) is 0 Å². The van der Waals surface area contributed by atoms with Crippen LogP contribution in [0.25, 0.3) is 0 Å². The SMILES string of the molecule is NS(=O)(=O)c1ccc(CCNCc2ccccc2OCc2ccc(Cl)cc2)cc1.[Cl-]. The fraction of sp³-hybridized carbons (Fsp3) is 0.182. The molecule has 8 heteroatoms. The standard InChI is InChI=1S/C22H23ClN2O3S.ClH/c23-20-9-5-18(6-10-20)16-28-22-4-2-1-3-19(22)15-25-14-13-17-7-11-21(12-8-17)29(24,26)27;/h1-12,25H,13-16H2,(H2,24,26,27);1H/p-1. The second kappa shape index (κ2) is 11.3. The molecule has 0 aliphatic heterocycles. The van der Waals surface area contributed by atoms with Gasteiger partial charge in [0, 0.05) is 17.1 Å². The number of hydrogen-bond donors (Lipinski definition) is 2. The Bertz CT molecular complexity index is 1040. The summed E-state index contributed by atoms with van der Waals surface area (Å²) in [5, 5.41) is 9.22. The lowest BCUT2D eigenvalue weighted by atomic mass is 10.1. The Kier molecular flexibility index (Phi) is 9.14. The maximum Gasteiger partial charge on any atom is 0.238 e. The van der Waals surface area contributed by atoms with Crippen molar-refractivity contribution in [2.24, 2.45) is 5.14 Å². The zero-order valence-corrected chi connectivity index (χ0v) is 18.6. The van der Waals surface area contributed by atoms with Crippen LogP contribution >= 0.6 is 11.6 Å². The van der Waals surface area contributed by atoms with E-state index in [-0.39, 0.29) is 17.3 Å². The van der Waals surface area contributed by atoms with E-state index < -0.39 is 10.0 Å². The van der Waals surface area contributed by atoms with Crippen LogP contribution in [-0.4, -0.2) is 15.0 Å². The number of para-hydroxylation sites is 1. The van der Waals surface area contributed by atoms with Crippen LogP contribution in [0.2, 0.25) is 5.02 Å². The van der Waals surface area contributed by atoms with Crippen LogP contribution < -0.4 is 27.6 Å². The minimum atomic E-state index is -3.65. The summed E-state index contributed by atoms with van der Waals surface area (Å²) >= 11 is 5.92. The van der Waals surface area contributed by atoms with E-state index in [0.29, 0.717) is 18.2 Å². The zero-order chi connectivity index (χ0) is 20.7. The van der Waals surface area contributed by atoms with Crippen LogP contribution in [0.1, 0.15) is 16.7 Å². The largest absolute Gasteiger partial charge is 1.00 e. The molecule has 3 aromatic rings. The lowest BCUT2D eigenvalue weighted by Gasteiger charge is -2.12. The molecule has 0 spiro atoms.